The fraction of sp³-hybridized carbons (Fsp3) is 0.500. The van der Waals surface area contributed by atoms with Gasteiger partial charge in [-0.05, 0) is 32.9 Å². The molecular weight excluding hydrogens is 246 g/mol. The summed E-state index contributed by atoms with van der Waals surface area (Å²) < 4.78 is 10.9. The van der Waals surface area contributed by atoms with Gasteiger partial charge >= 0.3 is 6.09 Å². The third-order valence-corrected chi connectivity index (χ3v) is 2.68. The van der Waals surface area contributed by atoms with E-state index in [2.05, 4.69) is 0 Å². The zero-order valence-electron chi connectivity index (χ0n) is 11.5. The maximum Gasteiger partial charge on any atom is 0.410 e. The fourth-order valence-corrected chi connectivity index (χ4v) is 1.84. The van der Waals surface area contributed by atoms with Gasteiger partial charge in [-0.15, -0.1) is 0 Å². The first kappa shape index (κ1) is 13.5. The lowest BCUT2D eigenvalue weighted by Gasteiger charge is -2.26. The van der Waals surface area contributed by atoms with Crippen molar-refractivity contribution in [3.05, 3.63) is 23.8 Å². The minimum absolute atomic E-state index is 0.157. The molecule has 0 bridgehead atoms. The van der Waals surface area contributed by atoms with Gasteiger partial charge in [0.25, 0.3) is 0 Å². The Labute approximate surface area is 112 Å². The quantitative estimate of drug-likeness (QED) is 0.783. The number of aromatic hydroxyl groups is 1. The van der Waals surface area contributed by atoms with Gasteiger partial charge in [-0.1, -0.05) is 0 Å². The molecule has 1 N–H and O–H groups in total. The summed E-state index contributed by atoms with van der Waals surface area (Å²) in [5.74, 6) is 0.774. The molecule has 19 heavy (non-hydrogen) atoms. The first-order valence-corrected chi connectivity index (χ1v) is 6.28. The number of carbonyl (C=O) groups excluding carboxylic acids is 1. The number of phenols is 1. The van der Waals surface area contributed by atoms with E-state index in [-0.39, 0.29) is 11.8 Å². The number of hydrogen-bond donors (Lipinski definition) is 1. The third kappa shape index (κ3) is 3.53. The molecular formula is C14H19NO4. The highest BCUT2D eigenvalue weighted by Gasteiger charge is 2.25. The van der Waals surface area contributed by atoms with Crippen molar-refractivity contribution in [1.82, 2.24) is 4.90 Å². The van der Waals surface area contributed by atoms with Crippen molar-refractivity contribution in [2.45, 2.75) is 32.9 Å². The zero-order chi connectivity index (χ0) is 14.0. The maximum atomic E-state index is 12.0. The Bertz CT molecular complexity index is 479. The molecule has 1 aliphatic heterocycles. The average Bonchev–Trinajstić information content (AvgIpc) is 2.48. The normalized spacial score (nSPS) is 15.2. The van der Waals surface area contributed by atoms with Crippen molar-refractivity contribution >= 4 is 6.09 Å². The summed E-state index contributed by atoms with van der Waals surface area (Å²) in [6.07, 6.45) is -0.350. The Balaban J connectivity index is 2.13. The highest BCUT2D eigenvalue weighted by Crippen LogP contribution is 2.27. The lowest BCUT2D eigenvalue weighted by molar-refractivity contribution is 0.0225. The van der Waals surface area contributed by atoms with Crippen LogP contribution in [-0.2, 0) is 11.3 Å². The zero-order valence-corrected chi connectivity index (χ0v) is 11.5. The predicted molar refractivity (Wildman–Crippen MR) is 70.2 cm³/mol. The topological polar surface area (TPSA) is 59.0 Å². The van der Waals surface area contributed by atoms with E-state index in [1.165, 1.54) is 0 Å². The second-order valence-corrected chi connectivity index (χ2v) is 5.54. The number of amides is 1. The van der Waals surface area contributed by atoms with Gasteiger partial charge < -0.3 is 19.5 Å². The molecule has 0 atom stereocenters. The van der Waals surface area contributed by atoms with E-state index >= 15 is 0 Å². The molecule has 0 aliphatic carbocycles. The van der Waals surface area contributed by atoms with E-state index in [9.17, 15) is 9.90 Å². The minimum Gasteiger partial charge on any atom is -0.508 e. The number of fused-ring (bicyclic) bond motifs is 1. The molecule has 5 nitrogen and oxygen atoms in total. The van der Waals surface area contributed by atoms with Crippen LogP contribution in [-0.4, -0.2) is 34.9 Å². The molecule has 0 spiro atoms. The summed E-state index contributed by atoms with van der Waals surface area (Å²) in [4.78, 5) is 13.6. The number of carbonyl (C=O) groups is 1. The highest BCUT2D eigenvalue weighted by molar-refractivity contribution is 5.68. The van der Waals surface area contributed by atoms with Crippen molar-refractivity contribution in [2.24, 2.45) is 0 Å². The number of nitrogens with zero attached hydrogens (tertiary/aromatic N) is 1. The molecule has 104 valence electrons. The first-order valence-electron chi connectivity index (χ1n) is 6.28. The Morgan fingerprint density at radius 1 is 1.42 bits per heavy atom. The van der Waals surface area contributed by atoms with Crippen LogP contribution in [0.1, 0.15) is 26.3 Å². The van der Waals surface area contributed by atoms with Crippen molar-refractivity contribution in [1.29, 1.82) is 0 Å². The van der Waals surface area contributed by atoms with Gasteiger partial charge in [-0.3, -0.25) is 0 Å². The maximum absolute atomic E-state index is 12.0. The average molecular weight is 265 g/mol. The Morgan fingerprint density at radius 2 is 2.16 bits per heavy atom. The van der Waals surface area contributed by atoms with Gasteiger partial charge in [-0.2, -0.15) is 0 Å². The van der Waals surface area contributed by atoms with Crippen molar-refractivity contribution in [2.75, 3.05) is 13.2 Å². The molecule has 0 fully saturated rings. The van der Waals surface area contributed by atoms with Gasteiger partial charge in [-0.25, -0.2) is 4.79 Å². The molecule has 0 radical (unpaired) electrons. The van der Waals surface area contributed by atoms with Crippen molar-refractivity contribution in [3.63, 3.8) is 0 Å². The molecule has 0 saturated heterocycles. The molecule has 1 aliphatic rings. The second-order valence-electron chi connectivity index (χ2n) is 5.54. The number of rotatable bonds is 0. The van der Waals surface area contributed by atoms with Crippen LogP contribution in [0, 0.1) is 0 Å². The van der Waals surface area contributed by atoms with E-state index < -0.39 is 5.60 Å². The van der Waals surface area contributed by atoms with Crippen LogP contribution in [0.5, 0.6) is 11.5 Å². The lowest BCUT2D eigenvalue weighted by atomic mass is 10.2. The van der Waals surface area contributed by atoms with Gasteiger partial charge in [0.05, 0.1) is 13.1 Å². The molecule has 0 saturated carbocycles. The Morgan fingerprint density at radius 3 is 2.84 bits per heavy atom. The molecule has 1 amide bonds. The molecule has 1 aromatic carbocycles. The van der Waals surface area contributed by atoms with Crippen LogP contribution >= 0.6 is 0 Å². The van der Waals surface area contributed by atoms with Crippen molar-refractivity contribution in [3.8, 4) is 11.5 Å². The number of hydrogen-bond acceptors (Lipinski definition) is 4. The van der Waals surface area contributed by atoms with E-state index in [1.54, 1.807) is 23.1 Å². The van der Waals surface area contributed by atoms with Crippen LogP contribution in [0.2, 0.25) is 0 Å². The minimum atomic E-state index is -0.512. The molecule has 0 aromatic heterocycles. The van der Waals surface area contributed by atoms with Crippen LogP contribution in [0.3, 0.4) is 0 Å². The first-order chi connectivity index (χ1) is 8.85. The summed E-state index contributed by atoms with van der Waals surface area (Å²) in [5.41, 5.74) is 0.350. The SMILES string of the molecule is CC(C)(C)OC(=O)N1CCOc2cc(O)ccc2C1. The van der Waals surface area contributed by atoms with E-state index in [1.807, 2.05) is 20.8 Å². The van der Waals surface area contributed by atoms with Crippen LogP contribution in [0.4, 0.5) is 4.79 Å². The summed E-state index contributed by atoms with van der Waals surface area (Å²) >= 11 is 0. The molecule has 5 heteroatoms. The second kappa shape index (κ2) is 4.99. The summed E-state index contributed by atoms with van der Waals surface area (Å²) in [6, 6.07) is 4.90. The van der Waals surface area contributed by atoms with Crippen LogP contribution in [0.15, 0.2) is 18.2 Å². The van der Waals surface area contributed by atoms with E-state index in [0.29, 0.717) is 25.4 Å². The van der Waals surface area contributed by atoms with E-state index in [0.717, 1.165) is 5.56 Å². The van der Waals surface area contributed by atoms with Crippen molar-refractivity contribution < 1.29 is 19.4 Å². The number of benzene rings is 1. The lowest BCUT2D eigenvalue weighted by Crippen LogP contribution is -2.37. The van der Waals surface area contributed by atoms with Gasteiger partial charge in [0.1, 0.15) is 23.7 Å². The standard InChI is InChI=1S/C14H19NO4/c1-14(2,3)19-13(17)15-6-7-18-12-8-11(16)5-4-10(12)9-15/h4-5,8,16H,6-7,9H2,1-3H3. The smallest absolute Gasteiger partial charge is 0.410 e. The van der Waals surface area contributed by atoms with Crippen LogP contribution < -0.4 is 4.74 Å². The van der Waals surface area contributed by atoms with Gasteiger partial charge in [0.15, 0.2) is 0 Å². The van der Waals surface area contributed by atoms with Gasteiger partial charge in [0.2, 0.25) is 0 Å². The fourth-order valence-electron chi connectivity index (χ4n) is 1.84. The summed E-state index contributed by atoms with van der Waals surface area (Å²) in [5, 5.41) is 9.42. The Kier molecular flexibility index (Phi) is 3.55. The van der Waals surface area contributed by atoms with Crippen LogP contribution in [0.25, 0.3) is 0 Å². The molecule has 1 aromatic rings. The monoisotopic (exact) mass is 265 g/mol. The molecule has 1 heterocycles. The highest BCUT2D eigenvalue weighted by atomic mass is 16.6. The van der Waals surface area contributed by atoms with E-state index in [4.69, 9.17) is 9.47 Å². The van der Waals surface area contributed by atoms with Gasteiger partial charge in [0, 0.05) is 11.6 Å². The third-order valence-electron chi connectivity index (χ3n) is 2.68. The largest absolute Gasteiger partial charge is 0.508 e. The Hall–Kier alpha value is -1.91. The number of phenolic OH excluding ortho intramolecular Hbond substituents is 1. The summed E-state index contributed by atoms with van der Waals surface area (Å²) in [6.45, 7) is 6.78. The number of ether oxygens (including phenoxy) is 2. The molecule has 0 unspecified atom stereocenters. The predicted octanol–water partition coefficient (Wildman–Crippen LogP) is 2.52. The molecule has 2 rings (SSSR count). The summed E-state index contributed by atoms with van der Waals surface area (Å²) in [7, 11) is 0.